The third-order valence-corrected chi connectivity index (χ3v) is 8.60. The number of methoxy groups -OCH3 is 1. The molecule has 0 bridgehead atoms. The van der Waals surface area contributed by atoms with Gasteiger partial charge in [-0.15, -0.1) is 0 Å². The van der Waals surface area contributed by atoms with Gasteiger partial charge in [0.25, 0.3) is 0 Å². The lowest BCUT2D eigenvalue weighted by Crippen LogP contribution is -2.63. The Morgan fingerprint density at radius 1 is 0.952 bits per heavy atom. The van der Waals surface area contributed by atoms with E-state index in [0.29, 0.717) is 44.8 Å². The summed E-state index contributed by atoms with van der Waals surface area (Å²) in [6, 6.07) is 25.5. The number of hydrogen-bond acceptors (Lipinski definition) is 6. The third-order valence-electron chi connectivity index (χ3n) is 8.60. The van der Waals surface area contributed by atoms with E-state index in [1.165, 1.54) is 12.7 Å². The van der Waals surface area contributed by atoms with E-state index in [2.05, 4.69) is 22.0 Å². The Morgan fingerprint density at radius 2 is 1.60 bits per heavy atom. The molecule has 42 heavy (non-hydrogen) atoms. The van der Waals surface area contributed by atoms with Gasteiger partial charge < -0.3 is 14.5 Å². The number of likely N-dealkylation sites (tertiary alicyclic amines) is 1. The number of piperidine rings is 1. The lowest BCUT2D eigenvalue weighted by Gasteiger charge is -2.46. The second kappa shape index (κ2) is 13.3. The second-order valence-electron chi connectivity index (χ2n) is 11.4. The summed E-state index contributed by atoms with van der Waals surface area (Å²) in [6.07, 6.45) is 4.87. The summed E-state index contributed by atoms with van der Waals surface area (Å²) in [7, 11) is 3.25. The number of anilines is 1. The Kier molecular flexibility index (Phi) is 9.32. The minimum atomic E-state index is -1.14. The molecule has 0 spiro atoms. The maximum absolute atomic E-state index is 13.8. The van der Waals surface area contributed by atoms with Crippen LogP contribution in [-0.2, 0) is 25.5 Å². The molecule has 1 aliphatic carbocycles. The standard InChI is InChI=1S/C34H40N4O4/c1-36(22-18-26-11-5-3-6-12-26)32(40)29(27-13-7-4-8-14-27)25-37-23-19-34(20-24-37,33(41)42-2)38(31(39)28-16-17-28)30-15-9-10-21-35-30/h3-15,21,28-29H,16-20,22-25H2,1-2H3. The van der Waals surface area contributed by atoms with Gasteiger partial charge in [-0.05, 0) is 55.4 Å². The molecule has 2 aliphatic rings. The predicted octanol–water partition coefficient (Wildman–Crippen LogP) is 4.32. The van der Waals surface area contributed by atoms with Crippen molar-refractivity contribution in [2.75, 3.05) is 45.2 Å². The zero-order valence-corrected chi connectivity index (χ0v) is 24.5. The van der Waals surface area contributed by atoms with Gasteiger partial charge in [-0.2, -0.15) is 0 Å². The Hall–Kier alpha value is -4.04. The number of amides is 2. The molecule has 5 rings (SSSR count). The summed E-state index contributed by atoms with van der Waals surface area (Å²) in [4.78, 5) is 51.1. The van der Waals surface area contributed by atoms with Crippen molar-refractivity contribution >= 4 is 23.6 Å². The molecule has 1 saturated carbocycles. The minimum absolute atomic E-state index is 0.0649. The molecule has 3 aromatic rings. The quantitative estimate of drug-likeness (QED) is 0.321. The zero-order chi connectivity index (χ0) is 29.5. The van der Waals surface area contributed by atoms with Crippen LogP contribution in [0, 0.1) is 5.92 Å². The zero-order valence-electron chi connectivity index (χ0n) is 24.5. The first kappa shape index (κ1) is 29.5. The Labute approximate surface area is 248 Å². The number of benzene rings is 2. The van der Waals surface area contributed by atoms with Crippen molar-refractivity contribution in [3.63, 3.8) is 0 Å². The molecule has 1 aromatic heterocycles. The van der Waals surface area contributed by atoms with Gasteiger partial charge in [0, 0.05) is 45.3 Å². The van der Waals surface area contributed by atoms with Crippen molar-refractivity contribution in [1.29, 1.82) is 0 Å². The maximum atomic E-state index is 13.8. The van der Waals surface area contributed by atoms with Crippen LogP contribution in [0.4, 0.5) is 5.82 Å². The highest BCUT2D eigenvalue weighted by Gasteiger charge is 2.53. The molecule has 220 valence electrons. The molecule has 2 heterocycles. The number of ether oxygens (including phenoxy) is 1. The molecule has 2 fully saturated rings. The fourth-order valence-corrected chi connectivity index (χ4v) is 5.94. The number of carbonyl (C=O) groups excluding carboxylic acids is 3. The largest absolute Gasteiger partial charge is 0.467 e. The summed E-state index contributed by atoms with van der Waals surface area (Å²) in [5.74, 6) is -0.370. The number of hydrogen-bond donors (Lipinski definition) is 0. The van der Waals surface area contributed by atoms with E-state index in [1.54, 1.807) is 23.2 Å². The number of nitrogens with zero attached hydrogens (tertiary/aromatic N) is 4. The number of carbonyl (C=O) groups is 3. The Bertz CT molecular complexity index is 1340. The van der Waals surface area contributed by atoms with Gasteiger partial charge in [0.2, 0.25) is 11.8 Å². The number of rotatable bonds is 11. The number of likely N-dealkylation sites (N-methyl/N-ethyl adjacent to an activating group) is 1. The van der Waals surface area contributed by atoms with Crippen LogP contribution >= 0.6 is 0 Å². The highest BCUT2D eigenvalue weighted by atomic mass is 16.5. The van der Waals surface area contributed by atoms with E-state index >= 15 is 0 Å². The van der Waals surface area contributed by atoms with Crippen LogP contribution in [0.3, 0.4) is 0 Å². The van der Waals surface area contributed by atoms with Crippen LogP contribution in [0.15, 0.2) is 85.1 Å². The molecule has 2 aromatic carbocycles. The SMILES string of the molecule is COC(=O)C1(N(C(=O)C2CC2)c2ccccn2)CCN(CC(C(=O)N(C)CCc2ccccc2)c2ccccc2)CC1. The van der Waals surface area contributed by atoms with Crippen LogP contribution in [0.1, 0.15) is 42.7 Å². The van der Waals surface area contributed by atoms with Gasteiger partial charge in [-0.3, -0.25) is 14.5 Å². The number of pyridine rings is 1. The van der Waals surface area contributed by atoms with Crippen molar-refractivity contribution in [2.24, 2.45) is 5.92 Å². The molecule has 2 amide bonds. The average Bonchev–Trinajstić information content (AvgIpc) is 3.90. The van der Waals surface area contributed by atoms with E-state index < -0.39 is 11.5 Å². The maximum Gasteiger partial charge on any atom is 0.332 e. The first-order valence-corrected chi connectivity index (χ1v) is 14.8. The first-order chi connectivity index (χ1) is 20.4. The lowest BCUT2D eigenvalue weighted by molar-refractivity contribution is -0.151. The fourth-order valence-electron chi connectivity index (χ4n) is 5.94. The fraction of sp³-hybridized carbons (Fsp3) is 0.412. The van der Waals surface area contributed by atoms with E-state index in [1.807, 2.05) is 66.5 Å². The normalized spacial score (nSPS) is 17.2. The molecular formula is C34H40N4O4. The van der Waals surface area contributed by atoms with Crippen molar-refractivity contribution in [3.05, 3.63) is 96.2 Å². The van der Waals surface area contributed by atoms with Gasteiger partial charge in [-0.1, -0.05) is 66.7 Å². The molecule has 0 radical (unpaired) electrons. The summed E-state index contributed by atoms with van der Waals surface area (Å²) in [5, 5.41) is 0. The van der Waals surface area contributed by atoms with Crippen molar-refractivity contribution in [2.45, 2.75) is 43.6 Å². The van der Waals surface area contributed by atoms with E-state index in [0.717, 1.165) is 24.8 Å². The van der Waals surface area contributed by atoms with Gasteiger partial charge in [-0.25, -0.2) is 9.78 Å². The molecule has 8 heteroatoms. The summed E-state index contributed by atoms with van der Waals surface area (Å²) in [6.45, 7) is 2.23. The van der Waals surface area contributed by atoms with Crippen LogP contribution in [0.5, 0.6) is 0 Å². The molecule has 1 saturated heterocycles. The summed E-state index contributed by atoms with van der Waals surface area (Å²) < 4.78 is 5.32. The Morgan fingerprint density at radius 3 is 2.19 bits per heavy atom. The van der Waals surface area contributed by atoms with Crippen molar-refractivity contribution in [3.8, 4) is 0 Å². The van der Waals surface area contributed by atoms with Gasteiger partial charge >= 0.3 is 5.97 Å². The summed E-state index contributed by atoms with van der Waals surface area (Å²) in [5.41, 5.74) is 1.03. The number of aromatic nitrogens is 1. The average molecular weight is 569 g/mol. The molecule has 8 nitrogen and oxygen atoms in total. The van der Waals surface area contributed by atoms with Crippen LogP contribution in [-0.4, -0.2) is 78.4 Å². The van der Waals surface area contributed by atoms with Gasteiger partial charge in [0.05, 0.1) is 13.0 Å². The van der Waals surface area contributed by atoms with Crippen LogP contribution in [0.2, 0.25) is 0 Å². The predicted molar refractivity (Wildman–Crippen MR) is 162 cm³/mol. The lowest BCUT2D eigenvalue weighted by atomic mass is 9.84. The van der Waals surface area contributed by atoms with E-state index in [9.17, 15) is 14.4 Å². The number of esters is 1. The topological polar surface area (TPSA) is 83.0 Å². The highest BCUT2D eigenvalue weighted by molar-refractivity contribution is 6.03. The Balaban J connectivity index is 1.34. The smallest absolute Gasteiger partial charge is 0.332 e. The van der Waals surface area contributed by atoms with Crippen LogP contribution in [0.25, 0.3) is 0 Å². The minimum Gasteiger partial charge on any atom is -0.467 e. The second-order valence-corrected chi connectivity index (χ2v) is 11.4. The molecular weight excluding hydrogens is 528 g/mol. The molecule has 1 aliphatic heterocycles. The van der Waals surface area contributed by atoms with Crippen LogP contribution < -0.4 is 4.90 Å². The summed E-state index contributed by atoms with van der Waals surface area (Å²) >= 11 is 0. The molecule has 1 atom stereocenters. The van der Waals surface area contributed by atoms with Gasteiger partial charge in [0.15, 0.2) is 0 Å². The van der Waals surface area contributed by atoms with Crippen molar-refractivity contribution in [1.82, 2.24) is 14.8 Å². The van der Waals surface area contributed by atoms with E-state index in [-0.39, 0.29) is 23.7 Å². The monoisotopic (exact) mass is 568 g/mol. The van der Waals surface area contributed by atoms with E-state index in [4.69, 9.17) is 4.74 Å². The highest BCUT2D eigenvalue weighted by Crippen LogP contribution is 2.40. The molecule has 0 N–H and O–H groups in total. The van der Waals surface area contributed by atoms with Crippen molar-refractivity contribution < 1.29 is 19.1 Å². The molecule has 1 unspecified atom stereocenters. The van der Waals surface area contributed by atoms with Gasteiger partial charge in [0.1, 0.15) is 11.4 Å². The first-order valence-electron chi connectivity index (χ1n) is 14.8. The third kappa shape index (κ3) is 6.54.